The molecule has 2 rings (SSSR count). The molecule has 0 saturated carbocycles. The lowest BCUT2D eigenvalue weighted by Gasteiger charge is -2.23. The largest absolute Gasteiger partial charge is 0.493 e. The molecule has 1 saturated heterocycles. The lowest BCUT2D eigenvalue weighted by atomic mass is 10.1. The minimum absolute atomic E-state index is 0.652. The van der Waals surface area contributed by atoms with Crippen LogP contribution in [0, 0.1) is 0 Å². The standard InChI is InChI=1S/C17H28N2O2/c1-4-19-11-7-9-15(19)13-18-12-14-8-6-10-16(20-3)17(14)21-5-2/h6,8,10,15,18H,4-5,7,9,11-13H2,1-3H3. The summed E-state index contributed by atoms with van der Waals surface area (Å²) in [6, 6.07) is 6.75. The first-order valence-electron chi connectivity index (χ1n) is 8.03. The Morgan fingerprint density at radius 3 is 2.90 bits per heavy atom. The van der Waals surface area contributed by atoms with Crippen molar-refractivity contribution in [1.29, 1.82) is 0 Å². The zero-order chi connectivity index (χ0) is 15.1. The Morgan fingerprint density at radius 1 is 1.33 bits per heavy atom. The fourth-order valence-electron chi connectivity index (χ4n) is 3.09. The molecule has 4 nitrogen and oxygen atoms in total. The molecule has 1 aromatic carbocycles. The van der Waals surface area contributed by atoms with E-state index in [1.54, 1.807) is 7.11 Å². The van der Waals surface area contributed by atoms with Crippen LogP contribution in [-0.4, -0.2) is 44.3 Å². The van der Waals surface area contributed by atoms with Crippen molar-refractivity contribution in [3.63, 3.8) is 0 Å². The Kier molecular flexibility index (Phi) is 6.33. The molecule has 0 radical (unpaired) electrons. The first-order valence-corrected chi connectivity index (χ1v) is 8.03. The smallest absolute Gasteiger partial charge is 0.165 e. The van der Waals surface area contributed by atoms with Gasteiger partial charge in [-0.1, -0.05) is 19.1 Å². The van der Waals surface area contributed by atoms with Crippen LogP contribution < -0.4 is 14.8 Å². The van der Waals surface area contributed by atoms with Crippen LogP contribution in [0.3, 0.4) is 0 Å². The fourth-order valence-corrected chi connectivity index (χ4v) is 3.09. The highest BCUT2D eigenvalue weighted by Gasteiger charge is 2.22. The van der Waals surface area contributed by atoms with Gasteiger partial charge in [0.05, 0.1) is 13.7 Å². The molecule has 4 heteroatoms. The minimum atomic E-state index is 0.652. The number of nitrogens with zero attached hydrogens (tertiary/aromatic N) is 1. The molecule has 1 heterocycles. The number of para-hydroxylation sites is 1. The Balaban J connectivity index is 1.93. The third-order valence-electron chi connectivity index (χ3n) is 4.17. The summed E-state index contributed by atoms with van der Waals surface area (Å²) in [5.41, 5.74) is 1.16. The summed E-state index contributed by atoms with van der Waals surface area (Å²) in [5.74, 6) is 1.68. The summed E-state index contributed by atoms with van der Waals surface area (Å²) in [4.78, 5) is 2.56. The molecule has 1 aromatic rings. The molecular weight excluding hydrogens is 264 g/mol. The molecule has 1 aliphatic heterocycles. The number of rotatable bonds is 8. The van der Waals surface area contributed by atoms with E-state index in [0.29, 0.717) is 12.6 Å². The van der Waals surface area contributed by atoms with Crippen LogP contribution in [0.1, 0.15) is 32.3 Å². The molecule has 1 atom stereocenters. The first kappa shape index (κ1) is 16.1. The van der Waals surface area contributed by atoms with Crippen LogP contribution in [0.5, 0.6) is 11.5 Å². The second-order valence-corrected chi connectivity index (χ2v) is 5.44. The van der Waals surface area contributed by atoms with Crippen molar-refractivity contribution >= 4 is 0 Å². The summed E-state index contributed by atoms with van der Waals surface area (Å²) in [5, 5.41) is 3.58. The van der Waals surface area contributed by atoms with Gasteiger partial charge >= 0.3 is 0 Å². The van der Waals surface area contributed by atoms with E-state index in [1.807, 2.05) is 19.1 Å². The highest BCUT2D eigenvalue weighted by Crippen LogP contribution is 2.31. The maximum atomic E-state index is 5.75. The third-order valence-corrected chi connectivity index (χ3v) is 4.17. The third kappa shape index (κ3) is 4.11. The summed E-state index contributed by atoms with van der Waals surface area (Å²) < 4.78 is 11.1. The van der Waals surface area contributed by atoms with Gasteiger partial charge < -0.3 is 14.8 Å². The van der Waals surface area contributed by atoms with Crippen molar-refractivity contribution in [2.45, 2.75) is 39.3 Å². The predicted octanol–water partition coefficient (Wildman–Crippen LogP) is 2.67. The topological polar surface area (TPSA) is 33.7 Å². The minimum Gasteiger partial charge on any atom is -0.493 e. The van der Waals surface area contributed by atoms with Crippen LogP contribution in [0.15, 0.2) is 18.2 Å². The molecule has 0 bridgehead atoms. The highest BCUT2D eigenvalue weighted by molar-refractivity contribution is 5.46. The van der Waals surface area contributed by atoms with E-state index in [1.165, 1.54) is 19.4 Å². The maximum Gasteiger partial charge on any atom is 0.165 e. The molecule has 1 unspecified atom stereocenters. The number of likely N-dealkylation sites (tertiary alicyclic amines) is 1. The quantitative estimate of drug-likeness (QED) is 0.799. The second-order valence-electron chi connectivity index (χ2n) is 5.44. The van der Waals surface area contributed by atoms with E-state index >= 15 is 0 Å². The number of nitrogens with one attached hydrogen (secondary N) is 1. The zero-order valence-corrected chi connectivity index (χ0v) is 13.5. The Labute approximate surface area is 128 Å². The van der Waals surface area contributed by atoms with Crippen LogP contribution in [0.4, 0.5) is 0 Å². The molecule has 1 fully saturated rings. The summed E-state index contributed by atoms with van der Waals surface area (Å²) in [6.45, 7) is 9.15. The Bertz CT molecular complexity index is 437. The normalized spacial score (nSPS) is 18.9. The summed E-state index contributed by atoms with van der Waals surface area (Å²) in [6.07, 6.45) is 2.63. The number of ether oxygens (including phenoxy) is 2. The van der Waals surface area contributed by atoms with Gasteiger partial charge in [-0.15, -0.1) is 0 Å². The van der Waals surface area contributed by atoms with Crippen LogP contribution in [0.2, 0.25) is 0 Å². The van der Waals surface area contributed by atoms with Crippen molar-refractivity contribution in [3.8, 4) is 11.5 Å². The zero-order valence-electron chi connectivity index (χ0n) is 13.5. The van der Waals surface area contributed by atoms with E-state index in [9.17, 15) is 0 Å². The van der Waals surface area contributed by atoms with Gasteiger partial charge in [-0.2, -0.15) is 0 Å². The van der Waals surface area contributed by atoms with Gasteiger partial charge in [0.15, 0.2) is 11.5 Å². The second kappa shape index (κ2) is 8.25. The van der Waals surface area contributed by atoms with Gasteiger partial charge in [0.2, 0.25) is 0 Å². The van der Waals surface area contributed by atoms with Crippen LogP contribution in [-0.2, 0) is 6.54 Å². The molecular formula is C17H28N2O2. The lowest BCUT2D eigenvalue weighted by Crippen LogP contribution is -2.37. The SMILES string of the molecule is CCOc1c(CNCC2CCCN2CC)cccc1OC. The van der Waals surface area contributed by atoms with E-state index in [-0.39, 0.29) is 0 Å². The van der Waals surface area contributed by atoms with Gasteiger partial charge in [-0.3, -0.25) is 4.90 Å². The van der Waals surface area contributed by atoms with Gasteiger partial charge in [-0.05, 0) is 38.9 Å². The number of likely N-dealkylation sites (N-methyl/N-ethyl adjacent to an activating group) is 1. The maximum absolute atomic E-state index is 5.75. The lowest BCUT2D eigenvalue weighted by molar-refractivity contribution is 0.259. The van der Waals surface area contributed by atoms with Crippen LogP contribution >= 0.6 is 0 Å². The van der Waals surface area contributed by atoms with Crippen LogP contribution in [0.25, 0.3) is 0 Å². The molecule has 1 aliphatic rings. The van der Waals surface area contributed by atoms with Crippen molar-refractivity contribution in [1.82, 2.24) is 10.2 Å². The van der Waals surface area contributed by atoms with Crippen molar-refractivity contribution in [2.24, 2.45) is 0 Å². The van der Waals surface area contributed by atoms with Gasteiger partial charge in [-0.25, -0.2) is 0 Å². The molecule has 118 valence electrons. The average Bonchev–Trinajstić information content (AvgIpc) is 2.96. The first-order chi connectivity index (χ1) is 10.3. The molecule has 21 heavy (non-hydrogen) atoms. The highest BCUT2D eigenvalue weighted by atomic mass is 16.5. The van der Waals surface area contributed by atoms with E-state index < -0.39 is 0 Å². The van der Waals surface area contributed by atoms with E-state index in [2.05, 4.69) is 23.2 Å². The van der Waals surface area contributed by atoms with Gasteiger partial charge in [0.1, 0.15) is 0 Å². The van der Waals surface area contributed by atoms with Crippen molar-refractivity contribution in [3.05, 3.63) is 23.8 Å². The van der Waals surface area contributed by atoms with E-state index in [0.717, 1.165) is 36.7 Å². The Hall–Kier alpha value is -1.26. The molecule has 0 aromatic heterocycles. The fraction of sp³-hybridized carbons (Fsp3) is 0.647. The summed E-state index contributed by atoms with van der Waals surface area (Å²) >= 11 is 0. The van der Waals surface area contributed by atoms with Crippen molar-refractivity contribution < 1.29 is 9.47 Å². The number of hydrogen-bond donors (Lipinski definition) is 1. The average molecular weight is 292 g/mol. The molecule has 0 aliphatic carbocycles. The molecule has 0 spiro atoms. The number of benzene rings is 1. The number of methoxy groups -OCH3 is 1. The molecule has 0 amide bonds. The Morgan fingerprint density at radius 2 is 2.19 bits per heavy atom. The molecule has 1 N–H and O–H groups in total. The summed E-state index contributed by atoms with van der Waals surface area (Å²) in [7, 11) is 1.69. The monoisotopic (exact) mass is 292 g/mol. The van der Waals surface area contributed by atoms with Crippen molar-refractivity contribution in [2.75, 3.05) is 33.4 Å². The van der Waals surface area contributed by atoms with E-state index in [4.69, 9.17) is 9.47 Å². The number of hydrogen-bond acceptors (Lipinski definition) is 4. The van der Waals surface area contributed by atoms with Gasteiger partial charge in [0, 0.05) is 24.7 Å². The predicted molar refractivity (Wildman–Crippen MR) is 86.1 cm³/mol. The van der Waals surface area contributed by atoms with Gasteiger partial charge in [0.25, 0.3) is 0 Å².